The molecule has 1 aromatic carbocycles. The third-order valence-corrected chi connectivity index (χ3v) is 2.92. The molecule has 0 amide bonds. The van der Waals surface area contributed by atoms with Crippen LogP contribution in [0.15, 0.2) is 30.6 Å². The number of hydrogen-bond donors (Lipinski definition) is 3. The molecule has 1 heterocycles. The SMILES string of the molecule is CC(NCc1cccc(O)c1O)c1cnn(C)c1. The average Bonchev–Trinajstić information content (AvgIpc) is 2.77. The highest BCUT2D eigenvalue weighted by Crippen LogP contribution is 2.28. The zero-order chi connectivity index (χ0) is 13.1. The van der Waals surface area contributed by atoms with Crippen molar-refractivity contribution in [1.29, 1.82) is 0 Å². The molecular weight excluding hydrogens is 230 g/mol. The molecule has 3 N–H and O–H groups in total. The maximum Gasteiger partial charge on any atom is 0.161 e. The topological polar surface area (TPSA) is 70.3 Å². The fourth-order valence-electron chi connectivity index (χ4n) is 1.77. The van der Waals surface area contributed by atoms with Gasteiger partial charge in [0.05, 0.1) is 6.20 Å². The Balaban J connectivity index is 2.01. The van der Waals surface area contributed by atoms with Crippen molar-refractivity contribution in [3.63, 3.8) is 0 Å². The van der Waals surface area contributed by atoms with E-state index in [1.165, 1.54) is 6.07 Å². The Morgan fingerprint density at radius 1 is 1.39 bits per heavy atom. The molecule has 5 heteroatoms. The van der Waals surface area contributed by atoms with E-state index in [2.05, 4.69) is 10.4 Å². The van der Waals surface area contributed by atoms with Crippen LogP contribution in [0.2, 0.25) is 0 Å². The summed E-state index contributed by atoms with van der Waals surface area (Å²) in [7, 11) is 1.87. The van der Waals surface area contributed by atoms with Crippen LogP contribution in [0.5, 0.6) is 11.5 Å². The number of para-hydroxylation sites is 1. The van der Waals surface area contributed by atoms with E-state index < -0.39 is 0 Å². The zero-order valence-electron chi connectivity index (χ0n) is 10.5. The molecule has 1 atom stereocenters. The summed E-state index contributed by atoms with van der Waals surface area (Å²) in [5.41, 5.74) is 1.75. The Morgan fingerprint density at radius 3 is 2.83 bits per heavy atom. The van der Waals surface area contributed by atoms with Gasteiger partial charge in [0.25, 0.3) is 0 Å². The molecule has 0 fully saturated rings. The normalized spacial score (nSPS) is 12.6. The molecule has 96 valence electrons. The highest BCUT2D eigenvalue weighted by Gasteiger charge is 2.09. The molecule has 1 aromatic heterocycles. The molecule has 0 saturated heterocycles. The summed E-state index contributed by atoms with van der Waals surface area (Å²) in [5, 5.41) is 26.5. The molecule has 2 aromatic rings. The Bertz CT molecular complexity index is 537. The zero-order valence-corrected chi connectivity index (χ0v) is 10.5. The number of aryl methyl sites for hydroxylation is 1. The van der Waals surface area contributed by atoms with Gasteiger partial charge in [-0.1, -0.05) is 12.1 Å². The number of aromatic nitrogens is 2. The Kier molecular flexibility index (Phi) is 3.53. The first-order chi connectivity index (χ1) is 8.58. The summed E-state index contributed by atoms with van der Waals surface area (Å²) in [5.74, 6) is -0.160. The number of phenolic OH excluding ortho intramolecular Hbond substituents is 2. The summed E-state index contributed by atoms with van der Waals surface area (Å²) in [4.78, 5) is 0. The first-order valence-electron chi connectivity index (χ1n) is 5.79. The quantitative estimate of drug-likeness (QED) is 0.719. The number of nitrogens with one attached hydrogen (secondary N) is 1. The summed E-state index contributed by atoms with van der Waals surface area (Å²) < 4.78 is 1.75. The lowest BCUT2D eigenvalue weighted by atomic mass is 10.1. The standard InChI is InChI=1S/C13H17N3O2/c1-9(11-7-15-16(2)8-11)14-6-10-4-3-5-12(17)13(10)18/h3-5,7-9,14,17-18H,6H2,1-2H3. The third-order valence-electron chi connectivity index (χ3n) is 2.92. The average molecular weight is 247 g/mol. The predicted molar refractivity (Wildman–Crippen MR) is 68.2 cm³/mol. The number of rotatable bonds is 4. The number of nitrogens with zero attached hydrogens (tertiary/aromatic N) is 2. The van der Waals surface area contributed by atoms with E-state index in [9.17, 15) is 10.2 Å². The fraction of sp³-hybridized carbons (Fsp3) is 0.308. The van der Waals surface area contributed by atoms with Crippen molar-refractivity contribution >= 4 is 0 Å². The molecule has 1 unspecified atom stereocenters. The van der Waals surface area contributed by atoms with Crippen LogP contribution in [-0.2, 0) is 13.6 Å². The first kappa shape index (κ1) is 12.4. The van der Waals surface area contributed by atoms with Crippen molar-refractivity contribution in [1.82, 2.24) is 15.1 Å². The predicted octanol–water partition coefficient (Wildman–Crippen LogP) is 1.68. The van der Waals surface area contributed by atoms with E-state index in [0.717, 1.165) is 5.56 Å². The van der Waals surface area contributed by atoms with E-state index in [0.29, 0.717) is 12.1 Å². The van der Waals surface area contributed by atoms with Gasteiger partial charge in [0, 0.05) is 37.0 Å². The van der Waals surface area contributed by atoms with Crippen molar-refractivity contribution in [2.75, 3.05) is 0 Å². The minimum absolute atomic E-state index is 0.0663. The van der Waals surface area contributed by atoms with Crippen LogP contribution in [0.1, 0.15) is 24.1 Å². The highest BCUT2D eigenvalue weighted by molar-refractivity contribution is 5.44. The van der Waals surface area contributed by atoms with Crippen molar-refractivity contribution in [3.8, 4) is 11.5 Å². The van der Waals surface area contributed by atoms with E-state index in [1.54, 1.807) is 23.0 Å². The van der Waals surface area contributed by atoms with Gasteiger partial charge in [-0.3, -0.25) is 4.68 Å². The van der Waals surface area contributed by atoms with Crippen LogP contribution in [0.25, 0.3) is 0 Å². The Morgan fingerprint density at radius 2 is 2.17 bits per heavy atom. The molecule has 0 saturated carbocycles. The minimum Gasteiger partial charge on any atom is -0.504 e. The summed E-state index contributed by atoms with van der Waals surface area (Å²) in [6.07, 6.45) is 3.75. The van der Waals surface area contributed by atoms with Gasteiger partial charge in [-0.15, -0.1) is 0 Å². The number of benzene rings is 1. The van der Waals surface area contributed by atoms with Crippen LogP contribution in [0.3, 0.4) is 0 Å². The second-order valence-electron chi connectivity index (χ2n) is 4.33. The molecule has 0 radical (unpaired) electrons. The molecule has 0 aliphatic carbocycles. The maximum absolute atomic E-state index is 9.68. The number of aromatic hydroxyl groups is 2. The minimum atomic E-state index is -0.0941. The van der Waals surface area contributed by atoms with Crippen molar-refractivity contribution in [2.24, 2.45) is 7.05 Å². The van der Waals surface area contributed by atoms with Crippen LogP contribution < -0.4 is 5.32 Å². The van der Waals surface area contributed by atoms with Crippen molar-refractivity contribution in [2.45, 2.75) is 19.5 Å². The van der Waals surface area contributed by atoms with Gasteiger partial charge in [0.2, 0.25) is 0 Å². The lowest BCUT2D eigenvalue weighted by Crippen LogP contribution is -2.17. The monoisotopic (exact) mass is 247 g/mol. The molecule has 0 aliphatic rings. The third kappa shape index (κ3) is 2.62. The van der Waals surface area contributed by atoms with Gasteiger partial charge in [0.1, 0.15) is 0 Å². The van der Waals surface area contributed by atoms with E-state index in [4.69, 9.17) is 0 Å². The van der Waals surface area contributed by atoms with Gasteiger partial charge in [-0.05, 0) is 13.0 Å². The van der Waals surface area contributed by atoms with E-state index >= 15 is 0 Å². The van der Waals surface area contributed by atoms with Crippen LogP contribution in [-0.4, -0.2) is 20.0 Å². The van der Waals surface area contributed by atoms with E-state index in [1.807, 2.05) is 20.2 Å². The first-order valence-corrected chi connectivity index (χ1v) is 5.79. The van der Waals surface area contributed by atoms with Gasteiger partial charge >= 0.3 is 0 Å². The fourth-order valence-corrected chi connectivity index (χ4v) is 1.77. The molecule has 18 heavy (non-hydrogen) atoms. The molecule has 5 nitrogen and oxygen atoms in total. The summed E-state index contributed by atoms with van der Waals surface area (Å²) in [6.45, 7) is 2.51. The second kappa shape index (κ2) is 5.10. The Hall–Kier alpha value is -2.01. The maximum atomic E-state index is 9.68. The van der Waals surface area contributed by atoms with Crippen LogP contribution >= 0.6 is 0 Å². The van der Waals surface area contributed by atoms with Gasteiger partial charge in [-0.2, -0.15) is 5.10 Å². The smallest absolute Gasteiger partial charge is 0.161 e. The lowest BCUT2D eigenvalue weighted by Gasteiger charge is -2.13. The highest BCUT2D eigenvalue weighted by atomic mass is 16.3. The Labute approximate surface area is 106 Å². The second-order valence-corrected chi connectivity index (χ2v) is 4.33. The molecule has 0 aliphatic heterocycles. The largest absolute Gasteiger partial charge is 0.504 e. The number of phenols is 2. The molecule has 0 spiro atoms. The van der Waals surface area contributed by atoms with E-state index in [-0.39, 0.29) is 17.5 Å². The van der Waals surface area contributed by atoms with Gasteiger partial charge in [0.15, 0.2) is 11.5 Å². The van der Waals surface area contributed by atoms with Crippen LogP contribution in [0, 0.1) is 0 Å². The summed E-state index contributed by atoms with van der Waals surface area (Å²) in [6, 6.07) is 5.07. The lowest BCUT2D eigenvalue weighted by molar-refractivity contribution is 0.396. The molecular formula is C13H17N3O2. The molecule has 2 rings (SSSR count). The van der Waals surface area contributed by atoms with Crippen LogP contribution in [0.4, 0.5) is 0 Å². The van der Waals surface area contributed by atoms with Crippen molar-refractivity contribution < 1.29 is 10.2 Å². The van der Waals surface area contributed by atoms with Crippen molar-refractivity contribution in [3.05, 3.63) is 41.7 Å². The van der Waals surface area contributed by atoms with Gasteiger partial charge in [-0.25, -0.2) is 0 Å². The molecule has 0 bridgehead atoms. The van der Waals surface area contributed by atoms with Gasteiger partial charge < -0.3 is 15.5 Å². The number of hydrogen-bond acceptors (Lipinski definition) is 4. The summed E-state index contributed by atoms with van der Waals surface area (Å²) >= 11 is 0.